The van der Waals surface area contributed by atoms with Crippen molar-refractivity contribution in [2.75, 3.05) is 6.61 Å². The summed E-state index contributed by atoms with van der Waals surface area (Å²) >= 11 is 2.16. The van der Waals surface area contributed by atoms with Gasteiger partial charge in [0.15, 0.2) is 6.61 Å². The molecule has 0 radical (unpaired) electrons. The van der Waals surface area contributed by atoms with Crippen molar-refractivity contribution >= 4 is 34.5 Å². The van der Waals surface area contributed by atoms with Gasteiger partial charge in [-0.2, -0.15) is 0 Å². The van der Waals surface area contributed by atoms with Crippen LogP contribution >= 0.6 is 22.6 Å². The molecule has 5 heteroatoms. The van der Waals surface area contributed by atoms with Gasteiger partial charge in [-0.15, -0.1) is 0 Å². The van der Waals surface area contributed by atoms with E-state index in [1.165, 1.54) is 6.42 Å². The summed E-state index contributed by atoms with van der Waals surface area (Å²) in [6.45, 7) is 6.19. The summed E-state index contributed by atoms with van der Waals surface area (Å²) in [5.41, 5.74) is 0.439. The van der Waals surface area contributed by atoms with E-state index >= 15 is 0 Å². The molecule has 1 aromatic rings. The molecule has 0 unspecified atom stereocenters. The minimum Gasteiger partial charge on any atom is -0.460 e. The van der Waals surface area contributed by atoms with E-state index < -0.39 is 11.9 Å². The Morgan fingerprint density at radius 3 is 2.50 bits per heavy atom. The van der Waals surface area contributed by atoms with E-state index in [9.17, 15) is 9.59 Å². The highest BCUT2D eigenvalue weighted by Crippen LogP contribution is 2.35. The third-order valence-electron chi connectivity index (χ3n) is 4.65. The van der Waals surface area contributed by atoms with Gasteiger partial charge in [-0.25, -0.2) is 9.59 Å². The molecule has 132 valence electrons. The number of carbonyl (C=O) groups is 2. The predicted octanol–water partition coefficient (Wildman–Crippen LogP) is 4.45. The van der Waals surface area contributed by atoms with E-state index in [4.69, 9.17) is 9.47 Å². The van der Waals surface area contributed by atoms with Crippen LogP contribution in [-0.2, 0) is 14.3 Å². The molecule has 1 saturated carbocycles. The molecule has 0 aliphatic heterocycles. The van der Waals surface area contributed by atoms with E-state index in [0.29, 0.717) is 23.3 Å². The average molecular weight is 444 g/mol. The molecular formula is C19H25IO4. The second-order valence-corrected chi connectivity index (χ2v) is 8.18. The maximum atomic E-state index is 12.1. The quantitative estimate of drug-likeness (QED) is 0.498. The van der Waals surface area contributed by atoms with Gasteiger partial charge in [0.1, 0.15) is 6.10 Å². The van der Waals surface area contributed by atoms with Crippen molar-refractivity contribution in [3.8, 4) is 0 Å². The molecule has 0 spiro atoms. The van der Waals surface area contributed by atoms with Crippen molar-refractivity contribution in [1.82, 2.24) is 0 Å². The number of benzene rings is 1. The summed E-state index contributed by atoms with van der Waals surface area (Å²) in [4.78, 5) is 24.0. The Morgan fingerprint density at radius 1 is 1.21 bits per heavy atom. The first-order valence-electron chi connectivity index (χ1n) is 8.49. The van der Waals surface area contributed by atoms with E-state index in [1.54, 1.807) is 12.1 Å². The molecule has 0 aromatic heterocycles. The summed E-state index contributed by atoms with van der Waals surface area (Å²) in [6.07, 6.45) is 3.08. The summed E-state index contributed by atoms with van der Waals surface area (Å²) in [5.74, 6) is 0.466. The molecule has 0 amide bonds. The Bertz CT molecular complexity index is 567. The Balaban J connectivity index is 1.85. The van der Waals surface area contributed by atoms with Crippen LogP contribution in [0.4, 0.5) is 0 Å². The molecule has 0 N–H and O–H groups in total. The van der Waals surface area contributed by atoms with Crippen molar-refractivity contribution in [2.24, 2.45) is 17.8 Å². The summed E-state index contributed by atoms with van der Waals surface area (Å²) < 4.78 is 11.7. The molecule has 0 saturated heterocycles. The van der Waals surface area contributed by atoms with Crippen LogP contribution in [-0.4, -0.2) is 24.6 Å². The van der Waals surface area contributed by atoms with Gasteiger partial charge in [0.05, 0.1) is 5.56 Å². The minimum absolute atomic E-state index is 0.0711. The lowest BCUT2D eigenvalue weighted by Crippen LogP contribution is -2.36. The Morgan fingerprint density at radius 2 is 1.88 bits per heavy atom. The number of rotatable bonds is 5. The van der Waals surface area contributed by atoms with Gasteiger partial charge in [-0.1, -0.05) is 27.2 Å². The van der Waals surface area contributed by atoms with Crippen LogP contribution < -0.4 is 0 Å². The first-order valence-corrected chi connectivity index (χ1v) is 9.57. The number of halogens is 1. The fraction of sp³-hybridized carbons (Fsp3) is 0.579. The zero-order valence-corrected chi connectivity index (χ0v) is 16.6. The van der Waals surface area contributed by atoms with Gasteiger partial charge in [0, 0.05) is 3.57 Å². The molecule has 1 fully saturated rings. The number of hydrogen-bond donors (Lipinski definition) is 0. The van der Waals surface area contributed by atoms with E-state index in [-0.39, 0.29) is 12.7 Å². The Labute approximate surface area is 157 Å². The van der Waals surface area contributed by atoms with Gasteiger partial charge in [-0.3, -0.25) is 0 Å². The van der Waals surface area contributed by atoms with Crippen molar-refractivity contribution < 1.29 is 19.1 Å². The van der Waals surface area contributed by atoms with Crippen molar-refractivity contribution in [3.63, 3.8) is 0 Å². The van der Waals surface area contributed by atoms with Crippen LogP contribution in [0.15, 0.2) is 24.3 Å². The maximum absolute atomic E-state index is 12.1. The molecule has 3 atom stereocenters. The number of ether oxygens (including phenoxy) is 2. The predicted molar refractivity (Wildman–Crippen MR) is 101 cm³/mol. The van der Waals surface area contributed by atoms with Crippen LogP contribution in [0.5, 0.6) is 0 Å². The van der Waals surface area contributed by atoms with Crippen molar-refractivity contribution in [3.05, 3.63) is 33.4 Å². The lowest BCUT2D eigenvalue weighted by atomic mass is 9.75. The highest BCUT2D eigenvalue weighted by atomic mass is 127. The molecule has 4 nitrogen and oxygen atoms in total. The Kier molecular flexibility index (Phi) is 7.07. The molecular weight excluding hydrogens is 419 g/mol. The van der Waals surface area contributed by atoms with Gasteiger partial charge in [0.2, 0.25) is 0 Å². The average Bonchev–Trinajstić information content (AvgIpc) is 2.53. The topological polar surface area (TPSA) is 52.6 Å². The highest BCUT2D eigenvalue weighted by Gasteiger charge is 2.33. The molecule has 24 heavy (non-hydrogen) atoms. The fourth-order valence-corrected chi connectivity index (χ4v) is 3.61. The van der Waals surface area contributed by atoms with Gasteiger partial charge >= 0.3 is 11.9 Å². The first-order chi connectivity index (χ1) is 11.4. The SMILES string of the molecule is CC(C)[C@H]1CC[C@H](C)C[C@@H]1OC(=O)COC(=O)c1ccc(I)cc1. The number of carbonyl (C=O) groups excluding carboxylic acids is 2. The van der Waals surface area contributed by atoms with Gasteiger partial charge in [0.25, 0.3) is 0 Å². The molecule has 1 aliphatic carbocycles. The standard InChI is InChI=1S/C19H25IO4/c1-12(2)16-9-4-13(3)10-17(16)24-18(21)11-23-19(22)14-5-7-15(20)8-6-14/h5-8,12-13,16-17H,4,9-11H2,1-3H3/t13-,16+,17-/m0/s1. The molecule has 1 aliphatic rings. The van der Waals surface area contributed by atoms with Crippen molar-refractivity contribution in [2.45, 2.75) is 46.1 Å². The largest absolute Gasteiger partial charge is 0.460 e. The smallest absolute Gasteiger partial charge is 0.344 e. The van der Waals surface area contributed by atoms with Gasteiger partial charge in [-0.05, 0) is 77.5 Å². The number of esters is 2. The number of hydrogen-bond acceptors (Lipinski definition) is 4. The second-order valence-electron chi connectivity index (χ2n) is 6.94. The minimum atomic E-state index is -0.499. The molecule has 1 aromatic carbocycles. The summed E-state index contributed by atoms with van der Waals surface area (Å²) in [5, 5.41) is 0. The van der Waals surface area contributed by atoms with E-state index in [0.717, 1.165) is 16.4 Å². The highest BCUT2D eigenvalue weighted by molar-refractivity contribution is 14.1. The molecule has 2 rings (SSSR count). The monoisotopic (exact) mass is 444 g/mol. The van der Waals surface area contributed by atoms with Crippen LogP contribution in [0.3, 0.4) is 0 Å². The third kappa shape index (κ3) is 5.46. The Hall–Kier alpha value is -1.11. The van der Waals surface area contributed by atoms with Crippen LogP contribution in [0, 0.1) is 21.3 Å². The van der Waals surface area contributed by atoms with Crippen LogP contribution in [0.1, 0.15) is 50.4 Å². The third-order valence-corrected chi connectivity index (χ3v) is 5.36. The lowest BCUT2D eigenvalue weighted by molar-refractivity contribution is -0.159. The van der Waals surface area contributed by atoms with E-state index in [1.807, 2.05) is 12.1 Å². The first kappa shape index (κ1) is 19.2. The van der Waals surface area contributed by atoms with Crippen LogP contribution in [0.25, 0.3) is 0 Å². The lowest BCUT2D eigenvalue weighted by Gasteiger charge is -2.36. The van der Waals surface area contributed by atoms with Crippen molar-refractivity contribution in [1.29, 1.82) is 0 Å². The van der Waals surface area contributed by atoms with Crippen LogP contribution in [0.2, 0.25) is 0 Å². The fourth-order valence-electron chi connectivity index (χ4n) is 3.25. The van der Waals surface area contributed by atoms with E-state index in [2.05, 4.69) is 43.4 Å². The zero-order valence-electron chi connectivity index (χ0n) is 14.5. The maximum Gasteiger partial charge on any atom is 0.344 e. The molecule has 0 heterocycles. The molecule has 0 bridgehead atoms. The van der Waals surface area contributed by atoms with Gasteiger partial charge < -0.3 is 9.47 Å². The second kappa shape index (κ2) is 8.83. The zero-order chi connectivity index (χ0) is 17.7. The normalized spacial score (nSPS) is 23.8. The summed E-state index contributed by atoms with van der Waals surface area (Å²) in [7, 11) is 0. The summed E-state index contributed by atoms with van der Waals surface area (Å²) in [6, 6.07) is 7.03.